The summed E-state index contributed by atoms with van der Waals surface area (Å²) in [6.07, 6.45) is 7.59. The van der Waals surface area contributed by atoms with E-state index in [4.69, 9.17) is 4.74 Å². The summed E-state index contributed by atoms with van der Waals surface area (Å²) in [6.45, 7) is 5.92. The normalized spacial score (nSPS) is 22.6. The quantitative estimate of drug-likeness (QED) is 0.905. The summed E-state index contributed by atoms with van der Waals surface area (Å²) in [4.78, 5) is 2.82. The summed E-state index contributed by atoms with van der Waals surface area (Å²) in [5.74, 6) is 1.00. The van der Waals surface area contributed by atoms with Crippen LogP contribution in [0.5, 0.6) is 5.75 Å². The van der Waals surface area contributed by atoms with Gasteiger partial charge in [0.05, 0.1) is 7.11 Å². The van der Waals surface area contributed by atoms with Crippen LogP contribution >= 0.6 is 0 Å². The van der Waals surface area contributed by atoms with Crippen LogP contribution in [0, 0.1) is 0 Å². The van der Waals surface area contributed by atoms with E-state index >= 15 is 0 Å². The van der Waals surface area contributed by atoms with E-state index in [0.717, 1.165) is 11.8 Å². The van der Waals surface area contributed by atoms with Crippen molar-refractivity contribution in [3.63, 3.8) is 0 Å². The second-order valence-electron chi connectivity index (χ2n) is 6.75. The Kier molecular flexibility index (Phi) is 5.37. The van der Waals surface area contributed by atoms with Crippen molar-refractivity contribution in [1.29, 1.82) is 0 Å². The number of nitrogens with one attached hydrogen (secondary N) is 1. The Labute approximate surface area is 135 Å². The van der Waals surface area contributed by atoms with Gasteiger partial charge in [0.1, 0.15) is 5.75 Å². The molecule has 0 spiro atoms. The van der Waals surface area contributed by atoms with Crippen molar-refractivity contribution in [1.82, 2.24) is 10.2 Å². The third-order valence-electron chi connectivity index (χ3n) is 5.34. The highest BCUT2D eigenvalue weighted by molar-refractivity contribution is 5.38. The molecule has 22 heavy (non-hydrogen) atoms. The van der Waals surface area contributed by atoms with Crippen LogP contribution in [0.25, 0.3) is 0 Å². The molecule has 0 amide bonds. The summed E-state index contributed by atoms with van der Waals surface area (Å²) in [7, 11) is 1.76. The molecular weight excluding hydrogens is 272 g/mol. The second kappa shape index (κ2) is 7.47. The van der Waals surface area contributed by atoms with Gasteiger partial charge in [-0.3, -0.25) is 4.90 Å². The fraction of sp³-hybridized carbons (Fsp3) is 0.684. The predicted octanol–water partition coefficient (Wildman–Crippen LogP) is 3.02. The maximum atomic E-state index is 5.42. The van der Waals surface area contributed by atoms with Crippen molar-refractivity contribution in [3.8, 4) is 5.75 Å². The molecule has 1 unspecified atom stereocenters. The fourth-order valence-corrected chi connectivity index (χ4v) is 4.18. The molecule has 0 radical (unpaired) electrons. The number of hydrogen-bond acceptors (Lipinski definition) is 3. The smallest absolute Gasteiger partial charge is 0.119 e. The number of nitrogens with zero attached hydrogens (tertiary/aromatic N) is 1. The third kappa shape index (κ3) is 3.47. The molecule has 1 aromatic carbocycles. The van der Waals surface area contributed by atoms with Gasteiger partial charge in [-0.15, -0.1) is 0 Å². The van der Waals surface area contributed by atoms with Crippen LogP contribution in [0.4, 0.5) is 0 Å². The number of rotatable bonds is 5. The van der Waals surface area contributed by atoms with Crippen LogP contribution in [-0.2, 0) is 12.8 Å². The van der Waals surface area contributed by atoms with E-state index < -0.39 is 0 Å². The Balaban J connectivity index is 1.74. The molecule has 1 aromatic rings. The molecule has 2 aliphatic rings. The molecule has 1 saturated heterocycles. The minimum atomic E-state index is 0.711. The molecule has 1 fully saturated rings. The van der Waals surface area contributed by atoms with Crippen molar-refractivity contribution in [2.24, 2.45) is 0 Å². The van der Waals surface area contributed by atoms with Crippen LogP contribution in [0.3, 0.4) is 0 Å². The first-order valence-electron chi connectivity index (χ1n) is 8.94. The van der Waals surface area contributed by atoms with Crippen LogP contribution in [-0.4, -0.2) is 43.7 Å². The van der Waals surface area contributed by atoms with E-state index in [1.54, 1.807) is 7.11 Å². The minimum absolute atomic E-state index is 0.711. The minimum Gasteiger partial charge on any atom is -0.497 e. The monoisotopic (exact) mass is 302 g/mol. The van der Waals surface area contributed by atoms with E-state index in [9.17, 15) is 0 Å². The van der Waals surface area contributed by atoms with Crippen molar-refractivity contribution in [2.45, 2.75) is 57.5 Å². The molecule has 3 nitrogen and oxygen atoms in total. The van der Waals surface area contributed by atoms with Crippen LogP contribution in [0.1, 0.15) is 43.7 Å². The lowest BCUT2D eigenvalue weighted by molar-refractivity contribution is 0.0988. The zero-order valence-corrected chi connectivity index (χ0v) is 14.1. The predicted molar refractivity (Wildman–Crippen MR) is 91.7 cm³/mol. The van der Waals surface area contributed by atoms with Gasteiger partial charge in [0.15, 0.2) is 0 Å². The topological polar surface area (TPSA) is 24.5 Å². The summed E-state index contributed by atoms with van der Waals surface area (Å²) in [6, 6.07) is 8.11. The second-order valence-corrected chi connectivity index (χ2v) is 6.75. The van der Waals surface area contributed by atoms with Crippen molar-refractivity contribution < 1.29 is 4.74 Å². The molecule has 0 saturated carbocycles. The highest BCUT2D eigenvalue weighted by Crippen LogP contribution is 2.30. The number of benzene rings is 1. The lowest BCUT2D eigenvalue weighted by Gasteiger charge is -2.42. The van der Waals surface area contributed by atoms with Gasteiger partial charge in [0.2, 0.25) is 0 Å². The largest absolute Gasteiger partial charge is 0.497 e. The van der Waals surface area contributed by atoms with Crippen LogP contribution in [0.2, 0.25) is 0 Å². The summed E-state index contributed by atoms with van der Waals surface area (Å²) in [5, 5.41) is 3.50. The molecule has 1 heterocycles. The number of hydrogen-bond donors (Lipinski definition) is 1. The van der Waals surface area contributed by atoms with Gasteiger partial charge in [-0.25, -0.2) is 0 Å². The summed E-state index contributed by atoms with van der Waals surface area (Å²) < 4.78 is 5.42. The summed E-state index contributed by atoms with van der Waals surface area (Å²) in [5.41, 5.74) is 3.03. The van der Waals surface area contributed by atoms with Gasteiger partial charge >= 0.3 is 0 Å². The Bertz CT molecular complexity index is 482. The van der Waals surface area contributed by atoms with Gasteiger partial charge < -0.3 is 10.1 Å². The molecule has 3 heteroatoms. The molecule has 122 valence electrons. The van der Waals surface area contributed by atoms with Crippen molar-refractivity contribution in [3.05, 3.63) is 29.3 Å². The molecule has 1 atom stereocenters. The highest BCUT2D eigenvalue weighted by atomic mass is 16.5. The Hall–Kier alpha value is -1.06. The zero-order valence-electron chi connectivity index (χ0n) is 14.1. The Morgan fingerprint density at radius 3 is 2.68 bits per heavy atom. The van der Waals surface area contributed by atoms with E-state index in [1.807, 2.05) is 0 Å². The van der Waals surface area contributed by atoms with Gasteiger partial charge in [-0.2, -0.15) is 0 Å². The highest BCUT2D eigenvalue weighted by Gasteiger charge is 2.29. The number of fused-ring (bicyclic) bond motifs is 1. The molecule has 3 rings (SSSR count). The SMILES string of the molecule is CCCN(C1CCNCC1)C1CCc2ccc(OC)cc2C1. The summed E-state index contributed by atoms with van der Waals surface area (Å²) >= 11 is 0. The average Bonchev–Trinajstić information content (AvgIpc) is 2.59. The Morgan fingerprint density at radius 2 is 1.95 bits per heavy atom. The van der Waals surface area contributed by atoms with Gasteiger partial charge in [-0.1, -0.05) is 13.0 Å². The standard InChI is InChI=1S/C19H30N2O/c1-3-12-21(17-8-10-20-11-9-17)18-6-4-15-5-7-19(22-2)14-16(15)13-18/h5,7,14,17-18,20H,3-4,6,8-13H2,1-2H3. The lowest BCUT2D eigenvalue weighted by Crippen LogP contribution is -2.50. The molecular formula is C19H30N2O. The van der Waals surface area contributed by atoms with Gasteiger partial charge in [-0.05, 0) is 81.4 Å². The lowest BCUT2D eigenvalue weighted by atomic mass is 9.86. The fourth-order valence-electron chi connectivity index (χ4n) is 4.18. The van der Waals surface area contributed by atoms with E-state index in [-0.39, 0.29) is 0 Å². The molecule has 0 bridgehead atoms. The van der Waals surface area contributed by atoms with E-state index in [1.165, 1.54) is 69.3 Å². The molecule has 1 aliphatic heterocycles. The van der Waals surface area contributed by atoms with Gasteiger partial charge in [0.25, 0.3) is 0 Å². The van der Waals surface area contributed by atoms with Crippen LogP contribution in [0.15, 0.2) is 18.2 Å². The maximum absolute atomic E-state index is 5.42. The number of piperidine rings is 1. The average molecular weight is 302 g/mol. The number of ether oxygens (including phenoxy) is 1. The van der Waals surface area contributed by atoms with Crippen molar-refractivity contribution in [2.75, 3.05) is 26.7 Å². The first-order valence-corrected chi connectivity index (χ1v) is 8.94. The number of methoxy groups -OCH3 is 1. The van der Waals surface area contributed by atoms with Crippen LogP contribution < -0.4 is 10.1 Å². The number of aryl methyl sites for hydroxylation is 1. The van der Waals surface area contributed by atoms with Gasteiger partial charge in [0, 0.05) is 12.1 Å². The maximum Gasteiger partial charge on any atom is 0.119 e. The molecule has 0 aromatic heterocycles. The third-order valence-corrected chi connectivity index (χ3v) is 5.34. The molecule has 1 aliphatic carbocycles. The molecule has 1 N–H and O–H groups in total. The zero-order chi connectivity index (χ0) is 15.4. The van der Waals surface area contributed by atoms with E-state index in [2.05, 4.69) is 35.3 Å². The first-order chi connectivity index (χ1) is 10.8. The van der Waals surface area contributed by atoms with E-state index in [0.29, 0.717) is 6.04 Å². The first kappa shape index (κ1) is 15.8. The van der Waals surface area contributed by atoms with Crippen molar-refractivity contribution >= 4 is 0 Å². The Morgan fingerprint density at radius 1 is 1.14 bits per heavy atom.